The van der Waals surface area contributed by atoms with Crippen LogP contribution in [0.2, 0.25) is 0 Å². The van der Waals surface area contributed by atoms with Gasteiger partial charge in [-0.3, -0.25) is 0 Å². The molecule has 15 heavy (non-hydrogen) atoms. The van der Waals surface area contributed by atoms with Crippen LogP contribution in [0.15, 0.2) is 0 Å². The minimum absolute atomic E-state index is 0.355. The van der Waals surface area contributed by atoms with Gasteiger partial charge >= 0.3 is 5.97 Å². The molecular weight excluding hydrogens is 212 g/mol. The van der Waals surface area contributed by atoms with E-state index in [2.05, 4.69) is 10.2 Å². The molecule has 5 heteroatoms. The van der Waals surface area contributed by atoms with Crippen molar-refractivity contribution in [1.29, 1.82) is 0 Å². The van der Waals surface area contributed by atoms with Gasteiger partial charge in [-0.15, -0.1) is 16.4 Å². The van der Waals surface area contributed by atoms with Crippen molar-refractivity contribution in [1.82, 2.24) is 10.2 Å². The minimum atomic E-state index is -0.896. The van der Waals surface area contributed by atoms with Crippen molar-refractivity contribution in [2.75, 3.05) is 0 Å². The van der Waals surface area contributed by atoms with Crippen LogP contribution in [0, 0.1) is 20.8 Å². The van der Waals surface area contributed by atoms with E-state index in [0.717, 1.165) is 22.2 Å². The van der Waals surface area contributed by atoms with Crippen molar-refractivity contribution in [3.05, 3.63) is 21.7 Å². The van der Waals surface area contributed by atoms with Gasteiger partial charge in [-0.2, -0.15) is 5.10 Å². The summed E-state index contributed by atoms with van der Waals surface area (Å²) in [6.07, 6.45) is 0. The third kappa shape index (κ3) is 1.39. The molecule has 2 aromatic rings. The predicted molar refractivity (Wildman–Crippen MR) is 58.6 cm³/mol. The van der Waals surface area contributed by atoms with E-state index in [1.807, 2.05) is 20.8 Å². The average molecular weight is 222 g/mol. The predicted octanol–water partition coefficient (Wildman–Crippen LogP) is 2.31. The maximum atomic E-state index is 10.9. The zero-order valence-electron chi connectivity index (χ0n) is 8.66. The maximum absolute atomic E-state index is 10.9. The first kappa shape index (κ1) is 10.0. The lowest BCUT2D eigenvalue weighted by Crippen LogP contribution is -1.95. The molecule has 0 spiro atoms. The Morgan fingerprint density at radius 1 is 1.20 bits per heavy atom. The number of thiophene rings is 1. The number of nitrogens with zero attached hydrogens (tertiary/aromatic N) is 2. The average Bonchev–Trinajstić information content (AvgIpc) is 2.50. The Balaban J connectivity index is 2.89. The summed E-state index contributed by atoms with van der Waals surface area (Å²) in [4.78, 5) is 12.0. The van der Waals surface area contributed by atoms with Gasteiger partial charge in [0.05, 0.1) is 5.69 Å². The number of aromatic nitrogens is 2. The van der Waals surface area contributed by atoms with Crippen LogP contribution in [0.3, 0.4) is 0 Å². The Kier molecular flexibility index (Phi) is 2.19. The monoisotopic (exact) mass is 222 g/mol. The lowest BCUT2D eigenvalue weighted by atomic mass is 10.1. The van der Waals surface area contributed by atoms with Crippen LogP contribution in [0.1, 0.15) is 26.5 Å². The standard InChI is InChI=1S/C10H10N2O2S/c1-4-6(3)11-12-9-7(4)5(2)8(15-9)10(13)14/h1-3H3,(H,13,14). The van der Waals surface area contributed by atoms with Crippen LogP contribution in [0.5, 0.6) is 0 Å². The zero-order chi connectivity index (χ0) is 11.2. The highest BCUT2D eigenvalue weighted by atomic mass is 32.1. The molecule has 78 valence electrons. The topological polar surface area (TPSA) is 63.1 Å². The molecule has 0 aliphatic carbocycles. The van der Waals surface area contributed by atoms with E-state index in [0.29, 0.717) is 9.71 Å². The third-order valence-corrected chi connectivity index (χ3v) is 3.70. The van der Waals surface area contributed by atoms with Crippen molar-refractivity contribution in [2.24, 2.45) is 0 Å². The van der Waals surface area contributed by atoms with Crippen LogP contribution in [-0.4, -0.2) is 21.3 Å². The van der Waals surface area contributed by atoms with Crippen molar-refractivity contribution in [3.63, 3.8) is 0 Å². The zero-order valence-corrected chi connectivity index (χ0v) is 9.47. The fraction of sp³-hybridized carbons (Fsp3) is 0.300. The summed E-state index contributed by atoms with van der Waals surface area (Å²) in [5, 5.41) is 17.9. The van der Waals surface area contributed by atoms with E-state index in [1.165, 1.54) is 11.3 Å². The summed E-state index contributed by atoms with van der Waals surface area (Å²) in [6, 6.07) is 0. The Bertz CT molecular complexity index is 560. The summed E-state index contributed by atoms with van der Waals surface area (Å²) < 4.78 is 0. The molecule has 2 heterocycles. The van der Waals surface area contributed by atoms with Gasteiger partial charge in [0.1, 0.15) is 9.71 Å². The second kappa shape index (κ2) is 3.27. The number of aryl methyl sites for hydroxylation is 3. The first-order valence-electron chi connectivity index (χ1n) is 4.48. The van der Waals surface area contributed by atoms with Crippen molar-refractivity contribution < 1.29 is 9.90 Å². The summed E-state index contributed by atoms with van der Waals surface area (Å²) in [6.45, 7) is 5.63. The first-order chi connectivity index (χ1) is 7.02. The maximum Gasteiger partial charge on any atom is 0.346 e. The number of aromatic carboxylic acids is 1. The van der Waals surface area contributed by atoms with E-state index >= 15 is 0 Å². The molecule has 0 aliphatic heterocycles. The normalized spacial score (nSPS) is 10.9. The minimum Gasteiger partial charge on any atom is -0.477 e. The van der Waals surface area contributed by atoms with Gasteiger partial charge in [0.25, 0.3) is 0 Å². The summed E-state index contributed by atoms with van der Waals surface area (Å²) in [7, 11) is 0. The van der Waals surface area contributed by atoms with Crippen LogP contribution >= 0.6 is 11.3 Å². The van der Waals surface area contributed by atoms with E-state index < -0.39 is 5.97 Å². The Morgan fingerprint density at radius 2 is 1.87 bits per heavy atom. The van der Waals surface area contributed by atoms with Gasteiger partial charge in [-0.05, 0) is 31.9 Å². The molecule has 0 radical (unpaired) electrons. The van der Waals surface area contributed by atoms with E-state index in [-0.39, 0.29) is 0 Å². The third-order valence-electron chi connectivity index (χ3n) is 2.53. The lowest BCUT2D eigenvalue weighted by molar-refractivity contribution is 0.0701. The molecular formula is C10H10N2O2S. The molecule has 1 N–H and O–H groups in total. The molecule has 2 aromatic heterocycles. The molecule has 0 bridgehead atoms. The second-order valence-corrected chi connectivity index (χ2v) is 4.45. The number of rotatable bonds is 1. The largest absolute Gasteiger partial charge is 0.477 e. The molecule has 0 saturated carbocycles. The fourth-order valence-corrected chi connectivity index (χ4v) is 2.62. The Morgan fingerprint density at radius 3 is 2.47 bits per heavy atom. The lowest BCUT2D eigenvalue weighted by Gasteiger charge is -1.99. The molecule has 0 unspecified atom stereocenters. The van der Waals surface area contributed by atoms with Crippen LogP contribution in [-0.2, 0) is 0 Å². The van der Waals surface area contributed by atoms with Crippen molar-refractivity contribution in [2.45, 2.75) is 20.8 Å². The van der Waals surface area contributed by atoms with E-state index in [1.54, 1.807) is 0 Å². The number of carboxylic acids is 1. The SMILES string of the molecule is Cc1nnc2sc(C(=O)O)c(C)c2c1C. The summed E-state index contributed by atoms with van der Waals surface area (Å²) in [5.74, 6) is -0.896. The molecule has 0 saturated heterocycles. The highest BCUT2D eigenvalue weighted by molar-refractivity contribution is 7.20. The van der Waals surface area contributed by atoms with Gasteiger partial charge in [0.2, 0.25) is 0 Å². The van der Waals surface area contributed by atoms with E-state index in [9.17, 15) is 4.79 Å². The van der Waals surface area contributed by atoms with Gasteiger partial charge in [-0.1, -0.05) is 0 Å². The fourth-order valence-electron chi connectivity index (χ4n) is 1.59. The Labute approximate surface area is 90.6 Å². The van der Waals surface area contributed by atoms with E-state index in [4.69, 9.17) is 5.11 Å². The quantitative estimate of drug-likeness (QED) is 0.804. The molecule has 0 aliphatic rings. The molecule has 4 nitrogen and oxygen atoms in total. The number of hydrogen-bond donors (Lipinski definition) is 1. The smallest absolute Gasteiger partial charge is 0.346 e. The van der Waals surface area contributed by atoms with Crippen molar-refractivity contribution in [3.8, 4) is 0 Å². The molecule has 0 fully saturated rings. The molecule has 2 rings (SSSR count). The number of carbonyl (C=O) groups is 1. The molecule has 0 amide bonds. The van der Waals surface area contributed by atoms with Gasteiger partial charge in [0, 0.05) is 5.39 Å². The second-order valence-electron chi connectivity index (χ2n) is 3.45. The highest BCUT2D eigenvalue weighted by Crippen LogP contribution is 2.31. The van der Waals surface area contributed by atoms with Gasteiger partial charge in [0.15, 0.2) is 0 Å². The Hall–Kier alpha value is -1.49. The summed E-state index contributed by atoms with van der Waals surface area (Å²) >= 11 is 1.18. The number of carboxylic acid groups (broad SMARTS) is 1. The van der Waals surface area contributed by atoms with Crippen LogP contribution < -0.4 is 0 Å². The van der Waals surface area contributed by atoms with Gasteiger partial charge < -0.3 is 5.11 Å². The molecule has 0 atom stereocenters. The van der Waals surface area contributed by atoms with Crippen molar-refractivity contribution >= 4 is 27.5 Å². The summed E-state index contributed by atoms with van der Waals surface area (Å²) in [5.41, 5.74) is 2.65. The van der Waals surface area contributed by atoms with Crippen LogP contribution in [0.4, 0.5) is 0 Å². The number of fused-ring (bicyclic) bond motifs is 1. The van der Waals surface area contributed by atoms with Gasteiger partial charge in [-0.25, -0.2) is 4.79 Å². The number of hydrogen-bond acceptors (Lipinski definition) is 4. The highest BCUT2D eigenvalue weighted by Gasteiger charge is 2.17. The molecule has 0 aromatic carbocycles. The first-order valence-corrected chi connectivity index (χ1v) is 5.30. The van der Waals surface area contributed by atoms with Crippen LogP contribution in [0.25, 0.3) is 10.2 Å².